The van der Waals surface area contributed by atoms with Crippen molar-refractivity contribution in [2.75, 3.05) is 107 Å². The van der Waals surface area contributed by atoms with E-state index >= 15 is 0 Å². The molecule has 16 rings (SSSR count). The maximum absolute atomic E-state index is 11.3. The van der Waals surface area contributed by atoms with E-state index in [0.29, 0.717) is 88.8 Å². The van der Waals surface area contributed by atoms with Crippen LogP contribution in [0, 0.1) is 50.6 Å². The summed E-state index contributed by atoms with van der Waals surface area (Å²) in [4.78, 5) is 94.0. The second-order valence-electron chi connectivity index (χ2n) is 25.9. The number of likely N-dealkylation sites (N-methyl/N-ethyl adjacent to an activating group) is 4. The van der Waals surface area contributed by atoms with Crippen LogP contribution in [0.2, 0.25) is 0 Å². The van der Waals surface area contributed by atoms with Crippen LogP contribution in [0.4, 0.5) is 62.6 Å². The third-order valence-electron chi connectivity index (χ3n) is 18.1. The number of hydrogen-bond donors (Lipinski definition) is 5. The van der Waals surface area contributed by atoms with Crippen molar-refractivity contribution in [1.82, 2.24) is 15.0 Å². The Balaban J connectivity index is 0.000000148. The van der Waals surface area contributed by atoms with E-state index in [4.69, 9.17) is 35.9 Å². The lowest BCUT2D eigenvalue weighted by molar-refractivity contribution is -0.645. The van der Waals surface area contributed by atoms with Gasteiger partial charge in [-0.2, -0.15) is 4.57 Å². The van der Waals surface area contributed by atoms with Crippen LogP contribution in [0.3, 0.4) is 0 Å². The quantitative estimate of drug-likeness (QED) is 0.0408. The molecule has 0 aliphatic carbocycles. The smallest absolute Gasteiger partial charge is 0.283 e. The third-order valence-corrected chi connectivity index (χ3v) is 18.1. The number of nitrogens with zero attached hydrogens (tertiary/aromatic N) is 13. The molecule has 0 spiro atoms. The van der Waals surface area contributed by atoms with Gasteiger partial charge in [-0.05, 0) is 84.9 Å². The molecule has 0 radical (unpaired) electrons. The number of carbonyl (C=O) groups is 2. The minimum atomic E-state index is -0.497. The van der Waals surface area contributed by atoms with E-state index < -0.39 is 14.8 Å². The second kappa shape index (κ2) is 37.4. The summed E-state index contributed by atoms with van der Waals surface area (Å²) in [5, 5.41) is 84.1. The Morgan fingerprint density at radius 3 is 1.47 bits per heavy atom. The lowest BCUT2D eigenvalue weighted by Gasteiger charge is -2.31. The number of nitro benzene ring substituents is 5. The third kappa shape index (κ3) is 20.5. The number of aliphatic hydroxyl groups is 1. The van der Waals surface area contributed by atoms with Crippen molar-refractivity contribution in [3.8, 4) is 23.0 Å². The van der Waals surface area contributed by atoms with Gasteiger partial charge in [0.05, 0.1) is 134 Å². The molecule has 8 heterocycles. The maximum Gasteiger partial charge on any atom is 0.283 e. The number of nitro groups is 5. The van der Waals surface area contributed by atoms with Gasteiger partial charge >= 0.3 is 0 Å². The van der Waals surface area contributed by atoms with E-state index in [0.717, 1.165) is 67.4 Å². The zero-order valence-electron chi connectivity index (χ0n) is 62.6. The number of β-amino-alcohol motifs (C(OH)–C–C–N with tert-alkyl or cyclic N) is 1. The molecule has 113 heavy (non-hydrogen) atoms. The number of hydrogen-bond acceptors (Lipinski definition) is 27. The number of non-ortho nitro benzene ring substituents is 3. The number of rotatable bonds is 8. The highest BCUT2D eigenvalue weighted by Crippen LogP contribution is 2.37. The van der Waals surface area contributed by atoms with Gasteiger partial charge in [-0.1, -0.05) is 54.6 Å². The van der Waals surface area contributed by atoms with Crippen LogP contribution in [-0.2, 0) is 40.6 Å². The van der Waals surface area contributed by atoms with Crippen LogP contribution >= 0.6 is 0 Å². The summed E-state index contributed by atoms with van der Waals surface area (Å²) in [6, 6.07) is 49.9. The van der Waals surface area contributed by atoms with Crippen LogP contribution in [0.1, 0.15) is 22.3 Å². The Labute approximate surface area is 645 Å². The van der Waals surface area contributed by atoms with Gasteiger partial charge in [-0.15, -0.1) is 0 Å². The number of Topliss-reactive ketones (excluding diaryl/α,β-unsaturated/α-hetero) is 2. The average molecular weight is 1540 g/mol. The summed E-state index contributed by atoms with van der Waals surface area (Å²) in [5.74, 6) is 2.22. The minimum Gasteiger partial charge on any atom is -0.506 e. The summed E-state index contributed by atoms with van der Waals surface area (Å²) in [5.41, 5.74) is 23.2. The van der Waals surface area contributed by atoms with Gasteiger partial charge in [0.25, 0.3) is 28.4 Å². The lowest BCUT2D eigenvalue weighted by atomic mass is 9.98. The number of aromatic nitrogens is 4. The van der Waals surface area contributed by atoms with Crippen molar-refractivity contribution in [3.63, 3.8) is 0 Å². The lowest BCUT2D eigenvalue weighted by Crippen LogP contribution is -2.35. The molecule has 1 atom stereocenters. The fourth-order valence-corrected chi connectivity index (χ4v) is 12.8. The van der Waals surface area contributed by atoms with E-state index in [1.54, 1.807) is 103 Å². The van der Waals surface area contributed by atoms with Crippen LogP contribution in [0.25, 0.3) is 49.7 Å². The van der Waals surface area contributed by atoms with Crippen molar-refractivity contribution in [2.45, 2.75) is 25.4 Å². The molecule has 0 fully saturated rings. The predicted octanol–water partition coefficient (Wildman–Crippen LogP) is 12.2. The first-order valence-electron chi connectivity index (χ1n) is 34.5. The average Bonchev–Trinajstić information content (AvgIpc) is 0.795. The number of ether oxygens (including phenoxy) is 3. The molecule has 4 aliphatic heterocycles. The SMILES string of the molecule is CN1CC(=O)Cc2c(N)cccc21.CN1CC(=O)Cc2c1cccc2[N+](=O)[O-].CN1CC(O)Cc2c(N)cccc21.COC1=Cc2c(cccc2[N+](=O)[O-])N(C)C1.COc1cc2c([N+](=O)[O-])cccc2[n+](C)c1.COc1cnc2cccc([N+](=O)[O-])c2c1.O=[N+]([O-])c1cccc2ncc(O)cc12.Oc1cnc2ccccc2c1. The fraction of sp³-hybridized carbons (Fsp3) is 0.200. The summed E-state index contributed by atoms with van der Waals surface area (Å²) in [6.07, 6.45) is 8.78. The molecular weight excluding hydrogens is 1460 g/mol. The van der Waals surface area contributed by atoms with Gasteiger partial charge in [0.15, 0.2) is 17.3 Å². The molecule has 0 saturated heterocycles. The van der Waals surface area contributed by atoms with Crippen molar-refractivity contribution < 1.29 is 68.3 Å². The number of aromatic hydroxyl groups is 2. The molecule has 33 heteroatoms. The Morgan fingerprint density at radius 1 is 0.460 bits per heavy atom. The number of anilines is 6. The molecule has 12 aromatic rings. The van der Waals surface area contributed by atoms with Crippen LogP contribution in [-0.4, -0.2) is 148 Å². The topological polar surface area (TPSA) is 446 Å². The highest BCUT2D eigenvalue weighted by molar-refractivity contribution is 5.94. The number of carbonyl (C=O) groups excluding carboxylic acids is 2. The number of nitrogen functional groups attached to an aromatic ring is 2. The molecule has 1 unspecified atom stereocenters. The molecular formula is C80H80N15O18+. The Hall–Kier alpha value is -14.8. The highest BCUT2D eigenvalue weighted by Gasteiger charge is 2.29. The number of benzene rings is 8. The molecule has 33 nitrogen and oxygen atoms in total. The Morgan fingerprint density at radius 2 is 0.894 bits per heavy atom. The number of nitrogens with two attached hydrogens (primary N) is 2. The van der Waals surface area contributed by atoms with Gasteiger partial charge in [0.2, 0.25) is 11.7 Å². The molecule has 0 amide bonds. The molecule has 582 valence electrons. The van der Waals surface area contributed by atoms with E-state index in [9.17, 15) is 65.3 Å². The van der Waals surface area contributed by atoms with Gasteiger partial charge in [0.1, 0.15) is 35.4 Å². The summed E-state index contributed by atoms with van der Waals surface area (Å²) >= 11 is 0. The molecule has 0 bridgehead atoms. The minimum absolute atomic E-state index is 0.0132. The van der Waals surface area contributed by atoms with Crippen molar-refractivity contribution >= 4 is 124 Å². The van der Waals surface area contributed by atoms with E-state index in [2.05, 4.69) is 15.0 Å². The first-order valence-corrected chi connectivity index (χ1v) is 34.5. The summed E-state index contributed by atoms with van der Waals surface area (Å²) < 4.78 is 17.0. The predicted molar refractivity (Wildman–Crippen MR) is 430 cm³/mol. The van der Waals surface area contributed by atoms with E-state index in [1.165, 1.54) is 69.2 Å². The molecule has 4 aromatic heterocycles. The molecule has 0 saturated carbocycles. The van der Waals surface area contributed by atoms with Gasteiger partial charge < -0.3 is 60.6 Å². The molecule has 4 aliphatic rings. The summed E-state index contributed by atoms with van der Waals surface area (Å²) in [6.45, 7) is 2.14. The molecule has 8 aromatic carbocycles. The summed E-state index contributed by atoms with van der Waals surface area (Å²) in [7, 11) is 14.0. The first-order chi connectivity index (χ1) is 54.0. The van der Waals surface area contributed by atoms with Crippen molar-refractivity contribution in [3.05, 3.63) is 279 Å². The van der Waals surface area contributed by atoms with Crippen molar-refractivity contribution in [1.29, 1.82) is 0 Å². The van der Waals surface area contributed by atoms with Crippen molar-refractivity contribution in [2.24, 2.45) is 7.05 Å². The first kappa shape index (κ1) is 82.3. The standard InChI is InChI=1S/C11H12N2O3.C11H11N2O3.C10H8N2O3.C10H10N2O3.C10H14N2O.C10H12N2O.C9H6N2O3.C9H7NO/c2*1-12-7-8(16-2)6-9-10(12)4-3-5-11(9)13(14)15;1-15-7-5-8-9(11-6-7)3-2-4-10(8)12(13)14;1-11-6-7(13)5-8-9(11)3-2-4-10(8)12(14)15;2*1-12-6-7(13)5-8-9(11)3-2-4-10(8)12;12-6-4-7-8(10-5-6)2-1-3-9(7)11(13)14;11-8-5-7-3-1-2-4-9(7)10-6-8/h3-6H,7H2,1-2H3;3-7H,1-2H3;2-6H,1H3;2-4H,5-6H2,1H3;2-4,7,13H,5-6,11H2,1H3;2-4H,5-6,11H2,1H3;1-5,12H;1-6,11H/q;+1;;;;;;. The van der Waals surface area contributed by atoms with Gasteiger partial charge in [-0.3, -0.25) is 75.1 Å². The zero-order chi connectivity index (χ0) is 81.9. The second-order valence-corrected chi connectivity index (χ2v) is 25.9. The number of pyridine rings is 4. The number of ketones is 2. The van der Waals surface area contributed by atoms with Crippen LogP contribution < -0.4 is 45.1 Å². The largest absolute Gasteiger partial charge is 0.506 e. The monoisotopic (exact) mass is 1540 g/mol. The highest BCUT2D eigenvalue weighted by atomic mass is 16.6. The van der Waals surface area contributed by atoms with E-state index in [1.807, 2.05) is 116 Å². The number of para-hydroxylation sites is 1. The Bertz CT molecular complexity index is 5620. The molecule has 7 N–H and O–H groups in total. The van der Waals surface area contributed by atoms with Crippen LogP contribution in [0.15, 0.2) is 206 Å². The van der Waals surface area contributed by atoms with Crippen LogP contribution in [0.5, 0.6) is 23.0 Å². The normalized spacial score (nSPS) is 13.4. The zero-order valence-corrected chi connectivity index (χ0v) is 62.6. The number of aliphatic hydroxyl groups excluding tert-OH is 1. The Kier molecular flexibility index (Phi) is 27.2. The number of methoxy groups -OCH3 is 3. The van der Waals surface area contributed by atoms with Gasteiger partial charge in [-0.25, -0.2) is 0 Å². The fourth-order valence-electron chi connectivity index (χ4n) is 12.8. The van der Waals surface area contributed by atoms with E-state index in [-0.39, 0.29) is 73.9 Å². The number of aryl methyl sites for hydroxylation is 1. The maximum atomic E-state index is 11.3. The number of fused-ring (bicyclic) bond motifs is 8. The van der Waals surface area contributed by atoms with Gasteiger partial charge in [0, 0.05) is 141 Å².